The van der Waals surface area contributed by atoms with Crippen molar-refractivity contribution in [3.63, 3.8) is 0 Å². The van der Waals surface area contributed by atoms with Gasteiger partial charge in [0.15, 0.2) is 5.78 Å². The van der Waals surface area contributed by atoms with Crippen LogP contribution < -0.4 is 4.74 Å². The number of rotatable bonds is 8. The van der Waals surface area contributed by atoms with Crippen LogP contribution in [0.3, 0.4) is 0 Å². The molecule has 0 amide bonds. The first-order chi connectivity index (χ1) is 10.1. The summed E-state index contributed by atoms with van der Waals surface area (Å²) in [6.45, 7) is 8.99. The predicted octanol–water partition coefficient (Wildman–Crippen LogP) is 3.31. The molecule has 0 aliphatic rings. The lowest BCUT2D eigenvalue weighted by molar-refractivity contribution is -0.385. The number of Topliss-reactive ketones (excluding diaryl/α,β-unsaturated/α-hetero) is 1. The second kappa shape index (κ2) is 7.35. The summed E-state index contributed by atoms with van der Waals surface area (Å²) in [5.41, 5.74) is 0.00491. The van der Waals surface area contributed by atoms with E-state index in [0.717, 1.165) is 0 Å². The molecule has 0 unspecified atom stereocenters. The van der Waals surface area contributed by atoms with Gasteiger partial charge in [0.05, 0.1) is 16.6 Å². The molecule has 0 N–H and O–H groups in total. The molecule has 0 saturated heterocycles. The minimum Gasteiger partial charge on any atom is -0.486 e. The average Bonchev–Trinajstić information content (AvgIpc) is 2.33. The second-order valence-electron chi connectivity index (χ2n) is 6.14. The van der Waals surface area contributed by atoms with E-state index < -0.39 is 10.5 Å². The van der Waals surface area contributed by atoms with E-state index in [1.807, 2.05) is 27.7 Å². The Morgan fingerprint density at radius 1 is 1.36 bits per heavy atom. The van der Waals surface area contributed by atoms with Crippen molar-refractivity contribution in [2.24, 2.45) is 0 Å². The normalized spacial score (nSPS) is 11.5. The fourth-order valence-corrected chi connectivity index (χ4v) is 2.29. The molecular weight excluding hydrogens is 286 g/mol. The van der Waals surface area contributed by atoms with Gasteiger partial charge in [-0.1, -0.05) is 0 Å². The van der Waals surface area contributed by atoms with Crippen LogP contribution >= 0.6 is 0 Å². The number of hydrogen-bond acceptors (Lipinski definition) is 5. The van der Waals surface area contributed by atoms with Gasteiger partial charge < -0.3 is 9.47 Å². The highest BCUT2D eigenvalue weighted by Crippen LogP contribution is 2.29. The molecule has 6 nitrogen and oxygen atoms in total. The predicted molar refractivity (Wildman–Crippen MR) is 83.3 cm³/mol. The lowest BCUT2D eigenvalue weighted by atomic mass is 9.96. The highest BCUT2D eigenvalue weighted by Gasteiger charge is 2.26. The van der Waals surface area contributed by atoms with Gasteiger partial charge in [-0.05, 0) is 46.8 Å². The van der Waals surface area contributed by atoms with Crippen LogP contribution in [0.1, 0.15) is 40.2 Å². The number of ether oxygens (including phenoxy) is 2. The Labute approximate surface area is 130 Å². The Balaban J connectivity index is 3.04. The second-order valence-corrected chi connectivity index (χ2v) is 6.14. The molecular formula is C16H23NO5. The van der Waals surface area contributed by atoms with E-state index >= 15 is 0 Å². The van der Waals surface area contributed by atoms with E-state index in [4.69, 9.17) is 9.47 Å². The number of benzene rings is 1. The maximum atomic E-state index is 11.2. The van der Waals surface area contributed by atoms with Gasteiger partial charge in [0.2, 0.25) is 0 Å². The first kappa shape index (κ1) is 18.1. The fourth-order valence-electron chi connectivity index (χ4n) is 2.29. The Morgan fingerprint density at radius 3 is 2.50 bits per heavy atom. The van der Waals surface area contributed by atoms with E-state index in [2.05, 4.69) is 0 Å². The first-order valence-corrected chi connectivity index (χ1v) is 7.18. The molecule has 0 spiro atoms. The van der Waals surface area contributed by atoms with Crippen molar-refractivity contribution in [2.75, 3.05) is 6.61 Å². The van der Waals surface area contributed by atoms with Crippen LogP contribution in [-0.2, 0) is 16.0 Å². The first-order valence-electron chi connectivity index (χ1n) is 7.18. The number of ketones is 1. The molecule has 0 fully saturated rings. The van der Waals surface area contributed by atoms with Gasteiger partial charge >= 0.3 is 0 Å². The maximum Gasteiger partial charge on any atom is 0.272 e. The molecule has 122 valence electrons. The van der Waals surface area contributed by atoms with Crippen LogP contribution in [-0.4, -0.2) is 29.0 Å². The zero-order valence-corrected chi connectivity index (χ0v) is 13.7. The summed E-state index contributed by atoms with van der Waals surface area (Å²) in [4.78, 5) is 21.7. The van der Waals surface area contributed by atoms with Gasteiger partial charge in [0.1, 0.15) is 12.4 Å². The van der Waals surface area contributed by atoms with Gasteiger partial charge in [0.25, 0.3) is 5.69 Å². The van der Waals surface area contributed by atoms with Crippen LogP contribution in [0.2, 0.25) is 0 Å². The van der Waals surface area contributed by atoms with Crippen LogP contribution in [0.5, 0.6) is 5.75 Å². The third kappa shape index (κ3) is 5.81. The van der Waals surface area contributed by atoms with Crippen molar-refractivity contribution in [3.05, 3.63) is 33.9 Å². The molecule has 0 aliphatic heterocycles. The minimum absolute atomic E-state index is 0.0196. The molecule has 1 aromatic rings. The van der Waals surface area contributed by atoms with Gasteiger partial charge in [-0.15, -0.1) is 0 Å². The summed E-state index contributed by atoms with van der Waals surface area (Å²) >= 11 is 0. The van der Waals surface area contributed by atoms with Gasteiger partial charge in [-0.2, -0.15) is 0 Å². The number of carbonyl (C=O) groups excluding carboxylic acids is 1. The largest absolute Gasteiger partial charge is 0.486 e. The zero-order chi connectivity index (χ0) is 16.9. The summed E-state index contributed by atoms with van der Waals surface area (Å²) in [6.07, 6.45) is 0.393. The van der Waals surface area contributed by atoms with Gasteiger partial charge in [0, 0.05) is 18.1 Å². The SMILES string of the molecule is CC(=O)COc1ccc([N+](=O)[O-])c(CC(C)(C)OC(C)C)c1. The zero-order valence-electron chi connectivity index (χ0n) is 13.7. The number of carbonyl (C=O) groups is 1. The number of hydrogen-bond donors (Lipinski definition) is 0. The Morgan fingerprint density at radius 2 is 2.00 bits per heavy atom. The van der Waals surface area contributed by atoms with Crippen molar-refractivity contribution >= 4 is 11.5 Å². The Bertz CT molecular complexity index is 551. The average molecular weight is 309 g/mol. The lowest BCUT2D eigenvalue weighted by Crippen LogP contribution is -2.30. The molecule has 1 aromatic carbocycles. The highest BCUT2D eigenvalue weighted by molar-refractivity contribution is 5.77. The van der Waals surface area contributed by atoms with Crippen molar-refractivity contribution in [1.82, 2.24) is 0 Å². The summed E-state index contributed by atoms with van der Waals surface area (Å²) in [5, 5.41) is 11.2. The summed E-state index contributed by atoms with van der Waals surface area (Å²) in [6, 6.07) is 4.50. The summed E-state index contributed by atoms with van der Waals surface area (Å²) in [5.74, 6) is 0.333. The molecule has 0 heterocycles. The van der Waals surface area contributed by atoms with E-state index in [1.165, 1.54) is 19.1 Å². The molecule has 0 bridgehead atoms. The van der Waals surface area contributed by atoms with E-state index in [9.17, 15) is 14.9 Å². The number of nitrogens with zero attached hydrogens (tertiary/aromatic N) is 1. The molecule has 0 atom stereocenters. The standard InChI is InChI=1S/C16H23NO5/c1-11(2)22-16(4,5)9-13-8-14(21-10-12(3)18)6-7-15(13)17(19)20/h6-8,11H,9-10H2,1-5H3. The van der Waals surface area contributed by atoms with Crippen LogP contribution in [0.4, 0.5) is 5.69 Å². The lowest BCUT2D eigenvalue weighted by Gasteiger charge is -2.28. The van der Waals surface area contributed by atoms with Gasteiger partial charge in [-0.3, -0.25) is 14.9 Å². The Hall–Kier alpha value is -1.95. The Kier molecular flexibility index (Phi) is 6.05. The third-order valence-electron chi connectivity index (χ3n) is 2.86. The molecule has 0 aromatic heterocycles. The third-order valence-corrected chi connectivity index (χ3v) is 2.86. The molecule has 0 radical (unpaired) electrons. The topological polar surface area (TPSA) is 78.7 Å². The van der Waals surface area contributed by atoms with Crippen molar-refractivity contribution in [3.8, 4) is 5.75 Å². The quantitative estimate of drug-likeness (QED) is 0.544. The van der Waals surface area contributed by atoms with Crippen molar-refractivity contribution in [2.45, 2.75) is 52.7 Å². The van der Waals surface area contributed by atoms with E-state index in [-0.39, 0.29) is 24.2 Å². The van der Waals surface area contributed by atoms with Crippen molar-refractivity contribution in [1.29, 1.82) is 0 Å². The minimum atomic E-state index is -0.544. The van der Waals surface area contributed by atoms with Gasteiger partial charge in [-0.25, -0.2) is 0 Å². The fraction of sp³-hybridized carbons (Fsp3) is 0.562. The molecule has 0 saturated carbocycles. The maximum absolute atomic E-state index is 11.2. The molecule has 6 heteroatoms. The van der Waals surface area contributed by atoms with Crippen LogP contribution in [0.15, 0.2) is 18.2 Å². The van der Waals surface area contributed by atoms with Crippen LogP contribution in [0, 0.1) is 10.1 Å². The highest BCUT2D eigenvalue weighted by atomic mass is 16.6. The summed E-state index contributed by atoms with van der Waals surface area (Å²) in [7, 11) is 0. The molecule has 0 aliphatic carbocycles. The molecule has 22 heavy (non-hydrogen) atoms. The number of nitro groups is 1. The summed E-state index contributed by atoms with van der Waals surface area (Å²) < 4.78 is 11.1. The smallest absolute Gasteiger partial charge is 0.272 e. The van der Waals surface area contributed by atoms with E-state index in [1.54, 1.807) is 6.07 Å². The van der Waals surface area contributed by atoms with Crippen molar-refractivity contribution < 1.29 is 19.2 Å². The monoisotopic (exact) mass is 309 g/mol. The van der Waals surface area contributed by atoms with E-state index in [0.29, 0.717) is 17.7 Å². The van der Waals surface area contributed by atoms with Crippen LogP contribution in [0.25, 0.3) is 0 Å². The molecule has 1 rings (SSSR count). The number of nitro benzene ring substituents is 1.